The third kappa shape index (κ3) is 5.27. The summed E-state index contributed by atoms with van der Waals surface area (Å²) in [5.41, 5.74) is 2.50. The largest absolute Gasteiger partial charge is 0.454 e. The maximum absolute atomic E-state index is 5.55. The zero-order valence-corrected chi connectivity index (χ0v) is 13.1. The molecule has 1 aromatic carbocycles. The van der Waals surface area contributed by atoms with E-state index < -0.39 is 0 Å². The van der Waals surface area contributed by atoms with Gasteiger partial charge in [0, 0.05) is 0 Å². The van der Waals surface area contributed by atoms with E-state index in [0.29, 0.717) is 12.9 Å². The summed E-state index contributed by atoms with van der Waals surface area (Å²) in [5, 5.41) is 0. The van der Waals surface area contributed by atoms with Gasteiger partial charge >= 0.3 is 0 Å². The Morgan fingerprint density at radius 2 is 2.10 bits per heavy atom. The molecule has 1 aliphatic heterocycles. The predicted octanol–water partition coefficient (Wildman–Crippen LogP) is 4.58. The number of rotatable bonds is 7. The fraction of sp³-hybridized carbons (Fsp3) is 0.444. The minimum atomic E-state index is 0.309. The Balaban J connectivity index is 1.77. The molecule has 21 heavy (non-hydrogen) atoms. The van der Waals surface area contributed by atoms with Crippen LogP contribution in [-0.4, -0.2) is 19.5 Å². The van der Waals surface area contributed by atoms with Gasteiger partial charge in [-0.15, -0.1) is 0 Å². The minimum absolute atomic E-state index is 0.309. The lowest BCUT2D eigenvalue weighted by molar-refractivity contribution is 0.0813. The van der Waals surface area contributed by atoms with E-state index in [0.717, 1.165) is 36.5 Å². The summed E-state index contributed by atoms with van der Waals surface area (Å²) in [5.74, 6) is 1.66. The molecule has 1 aromatic rings. The zero-order valence-electron chi connectivity index (χ0n) is 13.1. The Bertz CT molecular complexity index is 515. The summed E-state index contributed by atoms with van der Waals surface area (Å²) < 4.78 is 16.2. The van der Waals surface area contributed by atoms with Crippen LogP contribution in [0.1, 0.15) is 39.2 Å². The summed E-state index contributed by atoms with van der Waals surface area (Å²) in [4.78, 5) is 0. The minimum Gasteiger partial charge on any atom is -0.454 e. The van der Waals surface area contributed by atoms with Gasteiger partial charge < -0.3 is 14.2 Å². The van der Waals surface area contributed by atoms with Gasteiger partial charge in [-0.1, -0.05) is 29.9 Å². The molecule has 0 fully saturated rings. The number of hydrogen-bond donors (Lipinski definition) is 0. The molecule has 0 bridgehead atoms. The Hall–Kier alpha value is -1.74. The lowest BCUT2D eigenvalue weighted by Crippen LogP contribution is -2.03. The molecular weight excluding hydrogens is 264 g/mol. The third-order valence-electron chi connectivity index (χ3n) is 3.26. The van der Waals surface area contributed by atoms with E-state index in [1.165, 1.54) is 5.57 Å². The predicted molar refractivity (Wildman–Crippen MR) is 85.7 cm³/mol. The fourth-order valence-corrected chi connectivity index (χ4v) is 2.05. The molecule has 0 saturated heterocycles. The number of benzene rings is 1. The molecule has 0 aliphatic carbocycles. The molecule has 3 heteroatoms. The van der Waals surface area contributed by atoms with E-state index in [4.69, 9.17) is 14.2 Å². The van der Waals surface area contributed by atoms with Gasteiger partial charge in [0.2, 0.25) is 6.79 Å². The molecule has 0 spiro atoms. The van der Waals surface area contributed by atoms with Gasteiger partial charge in [-0.25, -0.2) is 0 Å². The highest BCUT2D eigenvalue weighted by atomic mass is 16.7. The van der Waals surface area contributed by atoms with Crippen LogP contribution < -0.4 is 9.47 Å². The maximum atomic E-state index is 5.55. The fourth-order valence-electron chi connectivity index (χ4n) is 2.05. The van der Waals surface area contributed by atoms with Gasteiger partial charge in [0.15, 0.2) is 11.5 Å². The highest BCUT2D eigenvalue weighted by molar-refractivity contribution is 5.56. The van der Waals surface area contributed by atoms with Gasteiger partial charge in [0.1, 0.15) is 0 Å². The first-order chi connectivity index (χ1) is 10.1. The Kier molecular flexibility index (Phi) is 5.88. The molecule has 0 N–H and O–H groups in total. The van der Waals surface area contributed by atoms with Gasteiger partial charge in [0.05, 0.1) is 12.7 Å². The second-order valence-electron chi connectivity index (χ2n) is 5.47. The van der Waals surface area contributed by atoms with Crippen molar-refractivity contribution < 1.29 is 14.2 Å². The number of hydrogen-bond acceptors (Lipinski definition) is 3. The van der Waals surface area contributed by atoms with Crippen LogP contribution in [-0.2, 0) is 4.74 Å². The second-order valence-corrected chi connectivity index (χ2v) is 5.47. The zero-order chi connectivity index (χ0) is 15.1. The van der Waals surface area contributed by atoms with E-state index in [9.17, 15) is 0 Å². The molecule has 1 heterocycles. The van der Waals surface area contributed by atoms with Crippen LogP contribution in [0.3, 0.4) is 0 Å². The average molecular weight is 288 g/mol. The average Bonchev–Trinajstić information content (AvgIpc) is 2.90. The van der Waals surface area contributed by atoms with E-state index in [-0.39, 0.29) is 0 Å². The van der Waals surface area contributed by atoms with Crippen molar-refractivity contribution in [2.45, 2.75) is 39.7 Å². The van der Waals surface area contributed by atoms with Gasteiger partial charge in [0.25, 0.3) is 0 Å². The second kappa shape index (κ2) is 7.89. The molecule has 0 saturated carbocycles. The van der Waals surface area contributed by atoms with Crippen molar-refractivity contribution in [2.24, 2.45) is 0 Å². The molecule has 0 unspecified atom stereocenters. The van der Waals surface area contributed by atoms with Crippen molar-refractivity contribution in [2.75, 3.05) is 13.4 Å². The van der Waals surface area contributed by atoms with E-state index in [1.807, 2.05) is 18.2 Å². The van der Waals surface area contributed by atoms with Crippen LogP contribution in [0.2, 0.25) is 0 Å². The number of ether oxygens (including phenoxy) is 3. The molecule has 0 aromatic heterocycles. The highest BCUT2D eigenvalue weighted by Crippen LogP contribution is 2.32. The van der Waals surface area contributed by atoms with Crippen molar-refractivity contribution in [3.8, 4) is 11.5 Å². The molecule has 2 rings (SSSR count). The summed E-state index contributed by atoms with van der Waals surface area (Å²) in [6.07, 6.45) is 8.75. The molecule has 0 radical (unpaired) electrons. The Morgan fingerprint density at radius 1 is 1.29 bits per heavy atom. The highest BCUT2D eigenvalue weighted by Gasteiger charge is 2.11. The van der Waals surface area contributed by atoms with Gasteiger partial charge in [-0.2, -0.15) is 0 Å². The van der Waals surface area contributed by atoms with Crippen LogP contribution in [0.5, 0.6) is 11.5 Å². The van der Waals surface area contributed by atoms with Gasteiger partial charge in [-0.3, -0.25) is 0 Å². The van der Waals surface area contributed by atoms with Crippen molar-refractivity contribution in [3.63, 3.8) is 0 Å². The first-order valence-corrected chi connectivity index (χ1v) is 7.48. The lowest BCUT2D eigenvalue weighted by Gasteiger charge is -2.06. The summed E-state index contributed by atoms with van der Waals surface area (Å²) in [6.45, 7) is 7.40. The topological polar surface area (TPSA) is 27.7 Å². The van der Waals surface area contributed by atoms with E-state index in [1.54, 1.807) is 0 Å². The summed E-state index contributed by atoms with van der Waals surface area (Å²) >= 11 is 0. The lowest BCUT2D eigenvalue weighted by atomic mass is 10.1. The van der Waals surface area contributed by atoms with Crippen molar-refractivity contribution in [1.29, 1.82) is 0 Å². The Labute approximate surface area is 127 Å². The summed E-state index contributed by atoms with van der Waals surface area (Å²) in [6, 6.07) is 6.00. The first kappa shape index (κ1) is 15.6. The SMILES string of the molecule is C/C(=C\C/C=C/c1ccc2c(c1)OCO2)CCOC(C)C. The molecule has 3 nitrogen and oxygen atoms in total. The van der Waals surface area contributed by atoms with Gasteiger partial charge in [-0.05, 0) is 51.3 Å². The summed E-state index contributed by atoms with van der Waals surface area (Å²) in [7, 11) is 0. The molecule has 0 atom stereocenters. The molecule has 0 amide bonds. The van der Waals surface area contributed by atoms with E-state index >= 15 is 0 Å². The standard InChI is InChI=1S/C18H24O3/c1-14(2)19-11-10-15(3)6-4-5-7-16-8-9-17-18(12-16)21-13-20-17/h5-9,12,14H,4,10-11,13H2,1-3H3/b7-5+,15-6+. The number of fused-ring (bicyclic) bond motifs is 1. The third-order valence-corrected chi connectivity index (χ3v) is 3.26. The van der Waals surface area contributed by atoms with Crippen LogP contribution in [0.25, 0.3) is 6.08 Å². The first-order valence-electron chi connectivity index (χ1n) is 7.48. The maximum Gasteiger partial charge on any atom is 0.231 e. The van der Waals surface area contributed by atoms with Crippen LogP contribution in [0, 0.1) is 0 Å². The van der Waals surface area contributed by atoms with Crippen molar-refractivity contribution in [1.82, 2.24) is 0 Å². The normalized spacial score (nSPS) is 14.4. The monoisotopic (exact) mass is 288 g/mol. The van der Waals surface area contributed by atoms with Crippen LogP contribution in [0.15, 0.2) is 35.9 Å². The van der Waals surface area contributed by atoms with Crippen molar-refractivity contribution in [3.05, 3.63) is 41.5 Å². The Morgan fingerprint density at radius 3 is 2.90 bits per heavy atom. The quantitative estimate of drug-likeness (QED) is 0.687. The molecule has 1 aliphatic rings. The number of allylic oxidation sites excluding steroid dienone is 2. The van der Waals surface area contributed by atoms with Crippen LogP contribution in [0.4, 0.5) is 0 Å². The molecule has 114 valence electrons. The smallest absolute Gasteiger partial charge is 0.231 e. The van der Waals surface area contributed by atoms with E-state index in [2.05, 4.69) is 39.0 Å². The molecular formula is C18H24O3. The van der Waals surface area contributed by atoms with Crippen molar-refractivity contribution >= 4 is 6.08 Å². The van der Waals surface area contributed by atoms with Crippen LogP contribution >= 0.6 is 0 Å².